The van der Waals surface area contributed by atoms with Crippen molar-refractivity contribution in [1.29, 1.82) is 0 Å². The Hall–Kier alpha value is -2.36. The number of halogens is 1. The van der Waals surface area contributed by atoms with Crippen molar-refractivity contribution in [1.82, 2.24) is 4.90 Å². The van der Waals surface area contributed by atoms with Crippen molar-refractivity contribution >= 4 is 62.9 Å². The number of nitrogens with one attached hydrogen (secondary N) is 1. The minimum atomic E-state index is -0.532. The summed E-state index contributed by atoms with van der Waals surface area (Å²) in [7, 11) is 2.61. The van der Waals surface area contributed by atoms with Gasteiger partial charge >= 0.3 is 11.9 Å². The Labute approximate surface area is 195 Å². The Morgan fingerprint density at radius 2 is 1.74 bits per heavy atom. The number of thiophene rings is 1. The highest BCUT2D eigenvalue weighted by atomic mass is 35.5. The summed E-state index contributed by atoms with van der Waals surface area (Å²) in [6.07, 6.45) is 0. The number of ether oxygens (including phenoxy) is 2. The van der Waals surface area contributed by atoms with E-state index in [9.17, 15) is 9.59 Å². The van der Waals surface area contributed by atoms with Gasteiger partial charge in [-0.2, -0.15) is 0 Å². The van der Waals surface area contributed by atoms with Gasteiger partial charge in [-0.15, -0.1) is 11.3 Å². The van der Waals surface area contributed by atoms with Crippen molar-refractivity contribution in [2.24, 2.45) is 0 Å². The molecule has 2 aromatic rings. The molecule has 0 aliphatic carbocycles. The van der Waals surface area contributed by atoms with Gasteiger partial charge in [0, 0.05) is 36.9 Å². The highest BCUT2D eigenvalue weighted by Crippen LogP contribution is 2.34. The second-order valence-corrected chi connectivity index (χ2v) is 8.92. The third kappa shape index (κ3) is 4.94. The number of rotatable bonds is 4. The lowest BCUT2D eigenvalue weighted by atomic mass is 10.1. The molecule has 31 heavy (non-hydrogen) atoms. The zero-order valence-corrected chi connectivity index (χ0v) is 20.2. The molecule has 1 N–H and O–H groups in total. The number of carbonyl (C=O) groups excluding carboxylic acids is 2. The van der Waals surface area contributed by atoms with Crippen LogP contribution in [0.4, 0.5) is 10.7 Å². The van der Waals surface area contributed by atoms with Crippen molar-refractivity contribution < 1.29 is 19.1 Å². The molecule has 1 saturated heterocycles. The zero-order chi connectivity index (χ0) is 22.7. The van der Waals surface area contributed by atoms with Crippen LogP contribution < -0.4 is 10.2 Å². The molecule has 3 rings (SSSR count). The second kappa shape index (κ2) is 9.84. The highest BCUT2D eigenvalue weighted by molar-refractivity contribution is 7.80. The van der Waals surface area contributed by atoms with E-state index in [1.165, 1.54) is 19.8 Å². The van der Waals surface area contributed by atoms with Crippen LogP contribution in [0.5, 0.6) is 0 Å². The Morgan fingerprint density at radius 1 is 1.10 bits per heavy atom. The topological polar surface area (TPSA) is 71.1 Å². The minimum absolute atomic E-state index is 0.295. The van der Waals surface area contributed by atoms with E-state index in [1.54, 1.807) is 6.92 Å². The lowest BCUT2D eigenvalue weighted by molar-refractivity contribution is 0.0601. The fourth-order valence-electron chi connectivity index (χ4n) is 3.49. The first-order valence-electron chi connectivity index (χ1n) is 9.63. The molecule has 0 unspecified atom stereocenters. The Kier molecular flexibility index (Phi) is 7.40. The van der Waals surface area contributed by atoms with Gasteiger partial charge < -0.3 is 24.6 Å². The van der Waals surface area contributed by atoms with E-state index < -0.39 is 11.9 Å². The molecule has 1 aliphatic heterocycles. The number of carbonyl (C=O) groups is 2. The molecule has 1 fully saturated rings. The first-order valence-corrected chi connectivity index (χ1v) is 11.2. The number of methoxy groups -OCH3 is 2. The monoisotopic (exact) mass is 481 g/mol. The van der Waals surface area contributed by atoms with Crippen molar-refractivity contribution in [3.05, 3.63) is 44.8 Å². The Bertz CT molecular complexity index is 1020. The summed E-state index contributed by atoms with van der Waals surface area (Å²) in [5.74, 6) is -1.03. The fraction of sp³-hybridized carbons (Fsp3) is 0.381. The summed E-state index contributed by atoms with van der Waals surface area (Å²) in [4.78, 5) is 29.1. The van der Waals surface area contributed by atoms with E-state index in [4.69, 9.17) is 33.3 Å². The van der Waals surface area contributed by atoms with Crippen LogP contribution in [0, 0.1) is 13.8 Å². The number of anilines is 2. The van der Waals surface area contributed by atoms with Gasteiger partial charge in [0.2, 0.25) is 0 Å². The summed E-state index contributed by atoms with van der Waals surface area (Å²) < 4.78 is 9.72. The van der Waals surface area contributed by atoms with Crippen molar-refractivity contribution in [3.8, 4) is 0 Å². The standard InChI is InChI=1S/C21H24ClN3O4S2/c1-12-5-6-14(22)11-15(12)24-7-9-25(10-8-24)21(30)23-18-16(19(26)28-3)13(2)17(31-18)20(27)29-4/h5-6,11H,7-10H2,1-4H3,(H,23,30). The SMILES string of the molecule is COC(=O)c1sc(NC(=S)N2CCN(c3cc(Cl)ccc3C)CC2)c(C(=O)OC)c1C. The first-order chi connectivity index (χ1) is 14.8. The van der Waals surface area contributed by atoms with Gasteiger partial charge in [0.05, 0.1) is 19.8 Å². The molecule has 0 atom stereocenters. The molecule has 10 heteroatoms. The third-order valence-corrected chi connectivity index (χ3v) is 6.99. The maximum Gasteiger partial charge on any atom is 0.348 e. The van der Waals surface area contributed by atoms with Gasteiger partial charge in [0.15, 0.2) is 5.11 Å². The van der Waals surface area contributed by atoms with Crippen LogP contribution in [-0.4, -0.2) is 62.3 Å². The molecule has 0 radical (unpaired) electrons. The Morgan fingerprint density at radius 3 is 2.35 bits per heavy atom. The van der Waals surface area contributed by atoms with Crippen LogP contribution in [0.2, 0.25) is 5.02 Å². The maximum absolute atomic E-state index is 12.3. The zero-order valence-electron chi connectivity index (χ0n) is 17.8. The summed E-state index contributed by atoms with van der Waals surface area (Å²) in [5, 5.41) is 4.82. The van der Waals surface area contributed by atoms with Gasteiger partial charge in [-0.3, -0.25) is 0 Å². The predicted molar refractivity (Wildman–Crippen MR) is 128 cm³/mol. The van der Waals surface area contributed by atoms with E-state index >= 15 is 0 Å². The van der Waals surface area contributed by atoms with Crippen molar-refractivity contribution in [2.75, 3.05) is 50.6 Å². The molecule has 0 saturated carbocycles. The highest BCUT2D eigenvalue weighted by Gasteiger charge is 2.28. The van der Waals surface area contributed by atoms with Gasteiger partial charge in [-0.1, -0.05) is 17.7 Å². The lowest BCUT2D eigenvalue weighted by Gasteiger charge is -2.38. The molecule has 0 bridgehead atoms. The second-order valence-electron chi connectivity index (χ2n) is 7.08. The number of aryl methyl sites for hydroxylation is 1. The number of benzene rings is 1. The van der Waals surface area contributed by atoms with Crippen LogP contribution in [0.1, 0.15) is 31.2 Å². The average molecular weight is 482 g/mol. The van der Waals surface area contributed by atoms with E-state index in [1.807, 2.05) is 23.1 Å². The van der Waals surface area contributed by atoms with Gasteiger partial charge in [-0.25, -0.2) is 9.59 Å². The normalized spacial score (nSPS) is 13.7. The molecule has 7 nitrogen and oxygen atoms in total. The number of hydrogen-bond donors (Lipinski definition) is 1. The Balaban J connectivity index is 1.73. The van der Waals surface area contributed by atoms with E-state index in [2.05, 4.69) is 17.1 Å². The van der Waals surface area contributed by atoms with Gasteiger partial charge in [0.1, 0.15) is 9.88 Å². The van der Waals surface area contributed by atoms with Crippen LogP contribution in [0.25, 0.3) is 0 Å². The van der Waals surface area contributed by atoms with Gasteiger partial charge in [0.25, 0.3) is 0 Å². The summed E-state index contributed by atoms with van der Waals surface area (Å²) >= 11 is 12.9. The number of hydrogen-bond acceptors (Lipinski definition) is 7. The first kappa shape index (κ1) is 23.3. The summed E-state index contributed by atoms with van der Waals surface area (Å²) in [6, 6.07) is 5.89. The van der Waals surface area contributed by atoms with E-state index in [0.717, 1.165) is 30.1 Å². The van der Waals surface area contributed by atoms with Crippen molar-refractivity contribution in [3.63, 3.8) is 0 Å². The quantitative estimate of drug-likeness (QED) is 0.516. The fourth-order valence-corrected chi connectivity index (χ4v) is 5.11. The number of piperazine rings is 1. The van der Waals surface area contributed by atoms with Crippen LogP contribution in [0.15, 0.2) is 18.2 Å². The molecule has 0 spiro atoms. The molecule has 0 amide bonds. The molecular formula is C21H24ClN3O4S2. The molecule has 2 heterocycles. The molecule has 1 aromatic carbocycles. The number of thiocarbonyl (C=S) groups is 1. The summed E-state index contributed by atoms with van der Waals surface area (Å²) in [5.41, 5.74) is 3.10. The lowest BCUT2D eigenvalue weighted by Crippen LogP contribution is -2.50. The smallest absolute Gasteiger partial charge is 0.348 e. The van der Waals surface area contributed by atoms with Crippen LogP contribution >= 0.6 is 35.2 Å². The van der Waals surface area contributed by atoms with E-state index in [0.29, 0.717) is 44.2 Å². The average Bonchev–Trinajstić information content (AvgIpc) is 3.10. The van der Waals surface area contributed by atoms with Gasteiger partial charge in [-0.05, 0) is 49.3 Å². The summed E-state index contributed by atoms with van der Waals surface area (Å²) in [6.45, 7) is 6.73. The molecular weight excluding hydrogens is 458 g/mol. The van der Waals surface area contributed by atoms with Crippen LogP contribution in [-0.2, 0) is 9.47 Å². The molecule has 1 aliphatic rings. The molecule has 1 aromatic heterocycles. The van der Waals surface area contributed by atoms with Crippen LogP contribution in [0.3, 0.4) is 0 Å². The minimum Gasteiger partial charge on any atom is -0.465 e. The third-order valence-electron chi connectivity index (χ3n) is 5.21. The maximum atomic E-state index is 12.3. The van der Waals surface area contributed by atoms with Crippen molar-refractivity contribution in [2.45, 2.75) is 13.8 Å². The number of nitrogens with zero attached hydrogens (tertiary/aromatic N) is 2. The van der Waals surface area contributed by atoms with E-state index in [-0.39, 0.29) is 0 Å². The largest absolute Gasteiger partial charge is 0.465 e. The predicted octanol–water partition coefficient (Wildman–Crippen LogP) is 4.11. The number of esters is 2. The molecule has 166 valence electrons.